The van der Waals surface area contributed by atoms with E-state index in [9.17, 15) is 5.26 Å². The number of halogens is 2. The number of nitriles is 1. The normalized spacial score (nSPS) is 16.9. The van der Waals surface area contributed by atoms with Crippen molar-refractivity contribution in [2.45, 2.75) is 56.8 Å². The Morgan fingerprint density at radius 1 is 0.967 bits per heavy atom. The highest BCUT2D eigenvalue weighted by Gasteiger charge is 2.43. The van der Waals surface area contributed by atoms with Crippen molar-refractivity contribution < 1.29 is 0 Å². The molecule has 1 unspecified atom stereocenters. The fourth-order valence-corrected chi connectivity index (χ4v) is 6.67. The van der Waals surface area contributed by atoms with E-state index in [0.717, 1.165) is 59.7 Å². The van der Waals surface area contributed by atoms with Crippen LogP contribution in [0, 0.1) is 17.2 Å². The summed E-state index contributed by atoms with van der Waals surface area (Å²) >= 11 is 7.54. The van der Waals surface area contributed by atoms with Crippen LogP contribution in [0.2, 0.25) is 0 Å². The van der Waals surface area contributed by atoms with Crippen molar-refractivity contribution in [2.24, 2.45) is 5.92 Å². The Morgan fingerprint density at radius 2 is 1.63 bits per heavy atom. The lowest BCUT2D eigenvalue weighted by Crippen LogP contribution is -2.37. The van der Waals surface area contributed by atoms with Crippen LogP contribution in [0.3, 0.4) is 0 Å². The fourth-order valence-electron chi connectivity index (χ4n) is 4.96. The predicted molar refractivity (Wildman–Crippen MR) is 133 cm³/mol. The standard InChI is InChI=1S/C26H32Br2N2/c1-30(19-16-21-10-4-2-5-11-21)18-9-17-26(20-29,22-12-6-3-7-13-22)25-23(27)14-8-15-24(25)28/h2,4-5,8,10-11,14-15,22H,3,6-7,9,12-13,16-19H2,1H3. The molecule has 2 nitrogen and oxygen atoms in total. The zero-order chi connectivity index (χ0) is 21.4. The molecule has 2 aromatic rings. The summed E-state index contributed by atoms with van der Waals surface area (Å²) in [4.78, 5) is 2.41. The smallest absolute Gasteiger partial charge is 0.0872 e. The molecule has 0 spiro atoms. The van der Waals surface area contributed by atoms with Gasteiger partial charge in [-0.15, -0.1) is 0 Å². The molecule has 30 heavy (non-hydrogen) atoms. The average Bonchev–Trinajstić information content (AvgIpc) is 2.77. The van der Waals surface area contributed by atoms with E-state index >= 15 is 0 Å². The third-order valence-corrected chi connectivity index (χ3v) is 7.97. The van der Waals surface area contributed by atoms with E-state index in [1.54, 1.807) is 0 Å². The van der Waals surface area contributed by atoms with Gasteiger partial charge in [0.2, 0.25) is 0 Å². The molecule has 0 saturated heterocycles. The maximum atomic E-state index is 10.5. The molecule has 0 N–H and O–H groups in total. The molecule has 0 amide bonds. The van der Waals surface area contributed by atoms with E-state index in [-0.39, 0.29) is 0 Å². The molecule has 0 radical (unpaired) electrons. The summed E-state index contributed by atoms with van der Waals surface area (Å²) in [6.07, 6.45) is 9.11. The molecule has 1 aliphatic rings. The van der Waals surface area contributed by atoms with Crippen LogP contribution in [0.4, 0.5) is 0 Å². The van der Waals surface area contributed by atoms with Crippen molar-refractivity contribution in [2.75, 3.05) is 20.1 Å². The molecule has 1 atom stereocenters. The van der Waals surface area contributed by atoms with Crippen LogP contribution in [0.15, 0.2) is 57.5 Å². The summed E-state index contributed by atoms with van der Waals surface area (Å²) in [6.45, 7) is 2.07. The number of hydrogen-bond donors (Lipinski definition) is 0. The number of benzene rings is 2. The van der Waals surface area contributed by atoms with Crippen LogP contribution in [-0.4, -0.2) is 25.0 Å². The minimum Gasteiger partial charge on any atom is -0.306 e. The quantitative estimate of drug-likeness (QED) is 0.334. The first kappa shape index (κ1) is 23.5. The first-order chi connectivity index (χ1) is 14.6. The Morgan fingerprint density at radius 3 is 2.27 bits per heavy atom. The minimum atomic E-state index is -0.431. The summed E-state index contributed by atoms with van der Waals surface area (Å²) in [5.74, 6) is 0.431. The third kappa shape index (κ3) is 5.75. The van der Waals surface area contributed by atoms with E-state index in [2.05, 4.69) is 92.3 Å². The van der Waals surface area contributed by atoms with Gasteiger partial charge in [0.1, 0.15) is 0 Å². The van der Waals surface area contributed by atoms with Crippen LogP contribution in [-0.2, 0) is 11.8 Å². The molecular formula is C26H32Br2N2. The molecule has 0 aromatic heterocycles. The van der Waals surface area contributed by atoms with Crippen LogP contribution < -0.4 is 0 Å². The maximum Gasteiger partial charge on any atom is 0.0872 e. The van der Waals surface area contributed by atoms with Crippen molar-refractivity contribution >= 4 is 31.9 Å². The van der Waals surface area contributed by atoms with Crippen LogP contribution in [0.5, 0.6) is 0 Å². The monoisotopic (exact) mass is 530 g/mol. The second-order valence-electron chi connectivity index (χ2n) is 8.66. The Hall–Kier alpha value is -1.15. The van der Waals surface area contributed by atoms with Crippen molar-refractivity contribution in [1.82, 2.24) is 4.90 Å². The van der Waals surface area contributed by atoms with Crippen molar-refractivity contribution in [3.8, 4) is 6.07 Å². The minimum absolute atomic E-state index is 0.431. The molecule has 0 bridgehead atoms. The van der Waals surface area contributed by atoms with Crippen molar-refractivity contribution in [3.05, 3.63) is 68.6 Å². The van der Waals surface area contributed by atoms with Crippen LogP contribution in [0.1, 0.15) is 56.1 Å². The zero-order valence-corrected chi connectivity index (χ0v) is 21.1. The molecule has 3 rings (SSSR count). The van der Waals surface area contributed by atoms with Crippen molar-refractivity contribution in [3.63, 3.8) is 0 Å². The summed E-state index contributed by atoms with van der Waals surface area (Å²) in [5.41, 5.74) is 2.11. The third-order valence-electron chi connectivity index (χ3n) is 6.65. The van der Waals surface area contributed by atoms with Crippen LogP contribution >= 0.6 is 31.9 Å². The largest absolute Gasteiger partial charge is 0.306 e. The molecule has 1 fully saturated rings. The summed E-state index contributed by atoms with van der Waals surface area (Å²) < 4.78 is 2.11. The van der Waals surface area contributed by atoms with E-state index < -0.39 is 5.41 Å². The molecule has 160 valence electrons. The lowest BCUT2D eigenvalue weighted by atomic mass is 9.63. The Kier molecular flexibility index (Phi) is 8.98. The van der Waals surface area contributed by atoms with Gasteiger partial charge >= 0.3 is 0 Å². The zero-order valence-electron chi connectivity index (χ0n) is 17.9. The second-order valence-corrected chi connectivity index (χ2v) is 10.4. The molecular weight excluding hydrogens is 500 g/mol. The van der Waals surface area contributed by atoms with Gasteiger partial charge in [-0.2, -0.15) is 5.26 Å². The molecule has 2 aromatic carbocycles. The molecule has 1 saturated carbocycles. The van der Waals surface area contributed by atoms with E-state index in [0.29, 0.717) is 5.92 Å². The highest BCUT2D eigenvalue weighted by atomic mass is 79.9. The number of likely N-dealkylation sites (N-methyl/N-ethyl adjacent to an activating group) is 1. The Labute approximate surface area is 198 Å². The topological polar surface area (TPSA) is 27.0 Å². The van der Waals surface area contributed by atoms with Gasteiger partial charge in [0.05, 0.1) is 11.5 Å². The number of rotatable bonds is 9. The fraction of sp³-hybridized carbons (Fsp3) is 0.500. The molecule has 0 aliphatic heterocycles. The van der Waals surface area contributed by atoms with Gasteiger partial charge in [0.15, 0.2) is 0 Å². The molecule has 0 heterocycles. The van der Waals surface area contributed by atoms with E-state index in [1.807, 2.05) is 6.07 Å². The lowest BCUT2D eigenvalue weighted by Gasteiger charge is -2.39. The SMILES string of the molecule is CN(CCCC(C#N)(c1c(Br)cccc1Br)C1CCCCC1)CCc1ccccc1. The number of hydrogen-bond acceptors (Lipinski definition) is 2. The van der Waals surface area contributed by atoms with Gasteiger partial charge in [-0.3, -0.25) is 0 Å². The van der Waals surface area contributed by atoms with Gasteiger partial charge in [-0.25, -0.2) is 0 Å². The first-order valence-electron chi connectivity index (χ1n) is 11.1. The van der Waals surface area contributed by atoms with Gasteiger partial charge in [0.25, 0.3) is 0 Å². The summed E-state index contributed by atoms with van der Waals surface area (Å²) in [7, 11) is 2.20. The first-order valence-corrected chi connectivity index (χ1v) is 12.7. The maximum absolute atomic E-state index is 10.5. The van der Waals surface area contributed by atoms with Gasteiger partial charge in [0, 0.05) is 21.1 Å². The van der Waals surface area contributed by atoms with Crippen LogP contribution in [0.25, 0.3) is 0 Å². The Balaban J connectivity index is 1.70. The predicted octanol–water partition coefficient (Wildman–Crippen LogP) is 7.51. The highest BCUT2D eigenvalue weighted by Crippen LogP contribution is 2.48. The van der Waals surface area contributed by atoms with Gasteiger partial charge in [-0.05, 0) is 69.3 Å². The van der Waals surface area contributed by atoms with Gasteiger partial charge in [-0.1, -0.05) is 87.5 Å². The van der Waals surface area contributed by atoms with E-state index in [4.69, 9.17) is 0 Å². The van der Waals surface area contributed by atoms with Gasteiger partial charge < -0.3 is 4.90 Å². The number of nitrogens with zero attached hydrogens (tertiary/aromatic N) is 2. The Bertz CT molecular complexity index is 820. The molecule has 1 aliphatic carbocycles. The average molecular weight is 532 g/mol. The summed E-state index contributed by atoms with van der Waals surface area (Å²) in [5, 5.41) is 10.5. The lowest BCUT2D eigenvalue weighted by molar-refractivity contribution is 0.223. The van der Waals surface area contributed by atoms with Crippen molar-refractivity contribution in [1.29, 1.82) is 5.26 Å². The summed E-state index contributed by atoms with van der Waals surface area (Å²) in [6, 6.07) is 19.7. The highest BCUT2D eigenvalue weighted by molar-refractivity contribution is 9.11. The van der Waals surface area contributed by atoms with E-state index in [1.165, 1.54) is 24.8 Å². The second kappa shape index (κ2) is 11.5. The molecule has 4 heteroatoms.